The lowest BCUT2D eigenvalue weighted by Gasteiger charge is -2.25. The van der Waals surface area contributed by atoms with Gasteiger partial charge in [-0.15, -0.1) is 0 Å². The van der Waals surface area contributed by atoms with E-state index >= 15 is 0 Å². The van der Waals surface area contributed by atoms with E-state index in [1.807, 2.05) is 6.07 Å². The van der Waals surface area contributed by atoms with Gasteiger partial charge in [0, 0.05) is 12.1 Å². The van der Waals surface area contributed by atoms with Gasteiger partial charge in [0.05, 0.1) is 23.8 Å². The summed E-state index contributed by atoms with van der Waals surface area (Å²) >= 11 is 0. The average molecular weight is 310 g/mol. The van der Waals surface area contributed by atoms with Gasteiger partial charge in [-0.05, 0) is 48.4 Å². The molecule has 0 bridgehead atoms. The van der Waals surface area contributed by atoms with Crippen LogP contribution in [0, 0.1) is 17.1 Å². The van der Waals surface area contributed by atoms with Crippen LogP contribution in [0.4, 0.5) is 4.39 Å². The Kier molecular flexibility index (Phi) is 4.09. The molecule has 0 aromatic heterocycles. The molecule has 1 aliphatic heterocycles. The fourth-order valence-corrected chi connectivity index (χ4v) is 2.89. The molecule has 0 aliphatic carbocycles. The van der Waals surface area contributed by atoms with Gasteiger partial charge in [0.15, 0.2) is 0 Å². The highest BCUT2D eigenvalue weighted by Crippen LogP contribution is 2.33. The van der Waals surface area contributed by atoms with E-state index in [1.165, 1.54) is 12.1 Å². The second-order valence-corrected chi connectivity index (χ2v) is 5.60. The minimum atomic E-state index is -0.604. The third kappa shape index (κ3) is 3.08. The van der Waals surface area contributed by atoms with Crippen molar-refractivity contribution in [3.8, 4) is 6.07 Å². The van der Waals surface area contributed by atoms with Crippen molar-refractivity contribution < 1.29 is 14.3 Å². The van der Waals surface area contributed by atoms with Crippen LogP contribution in [-0.4, -0.2) is 28.6 Å². The average Bonchev–Trinajstić information content (AvgIpc) is 2.97. The number of amides is 1. The number of benzene rings is 2. The second-order valence-electron chi connectivity index (χ2n) is 5.60. The van der Waals surface area contributed by atoms with Gasteiger partial charge < -0.3 is 10.0 Å². The SMILES string of the molecule is N#Cc1ccc(C(=O)N2CC(O)CC2c2ccc(F)cc2)cc1. The smallest absolute Gasteiger partial charge is 0.254 e. The summed E-state index contributed by atoms with van der Waals surface area (Å²) in [6, 6.07) is 14.1. The van der Waals surface area contributed by atoms with Crippen molar-refractivity contribution in [1.29, 1.82) is 5.26 Å². The summed E-state index contributed by atoms with van der Waals surface area (Å²) in [5.41, 5.74) is 1.74. The topological polar surface area (TPSA) is 64.3 Å². The zero-order valence-electron chi connectivity index (χ0n) is 12.3. The Balaban J connectivity index is 1.87. The first-order valence-corrected chi connectivity index (χ1v) is 7.33. The van der Waals surface area contributed by atoms with Crippen LogP contribution >= 0.6 is 0 Å². The highest BCUT2D eigenvalue weighted by molar-refractivity contribution is 5.94. The normalized spacial score (nSPS) is 20.3. The van der Waals surface area contributed by atoms with Crippen LogP contribution in [0.2, 0.25) is 0 Å². The number of carbonyl (C=O) groups excluding carboxylic acids is 1. The molecule has 1 saturated heterocycles. The van der Waals surface area contributed by atoms with Crippen LogP contribution in [0.1, 0.15) is 33.9 Å². The molecule has 4 nitrogen and oxygen atoms in total. The summed E-state index contributed by atoms with van der Waals surface area (Å²) in [4.78, 5) is 14.3. The van der Waals surface area contributed by atoms with E-state index in [-0.39, 0.29) is 24.3 Å². The molecule has 2 atom stereocenters. The van der Waals surface area contributed by atoms with Gasteiger partial charge in [-0.2, -0.15) is 5.26 Å². The first-order chi connectivity index (χ1) is 11.1. The van der Waals surface area contributed by atoms with Gasteiger partial charge in [0.25, 0.3) is 5.91 Å². The summed E-state index contributed by atoms with van der Waals surface area (Å²) < 4.78 is 13.1. The van der Waals surface area contributed by atoms with E-state index in [1.54, 1.807) is 41.3 Å². The first-order valence-electron chi connectivity index (χ1n) is 7.33. The van der Waals surface area contributed by atoms with Crippen LogP contribution < -0.4 is 0 Å². The summed E-state index contributed by atoms with van der Waals surface area (Å²) in [7, 11) is 0. The number of nitrogens with zero attached hydrogens (tertiary/aromatic N) is 2. The van der Waals surface area contributed by atoms with E-state index in [0.29, 0.717) is 17.5 Å². The molecule has 1 aliphatic rings. The fourth-order valence-electron chi connectivity index (χ4n) is 2.89. The Labute approximate surface area is 133 Å². The first kappa shape index (κ1) is 15.2. The van der Waals surface area contributed by atoms with Crippen LogP contribution in [0.15, 0.2) is 48.5 Å². The number of halogens is 1. The fraction of sp³-hybridized carbons (Fsp3) is 0.222. The highest BCUT2D eigenvalue weighted by Gasteiger charge is 2.35. The molecule has 2 aromatic carbocycles. The number of nitriles is 1. The van der Waals surface area contributed by atoms with Crippen LogP contribution in [-0.2, 0) is 0 Å². The van der Waals surface area contributed by atoms with Crippen molar-refractivity contribution in [2.45, 2.75) is 18.6 Å². The molecule has 1 amide bonds. The molecule has 2 aromatic rings. The van der Waals surface area contributed by atoms with Crippen molar-refractivity contribution in [3.63, 3.8) is 0 Å². The van der Waals surface area contributed by atoms with E-state index in [2.05, 4.69) is 0 Å². The maximum Gasteiger partial charge on any atom is 0.254 e. The van der Waals surface area contributed by atoms with Crippen molar-refractivity contribution in [3.05, 3.63) is 71.0 Å². The van der Waals surface area contributed by atoms with E-state index in [0.717, 1.165) is 5.56 Å². The zero-order chi connectivity index (χ0) is 16.4. The summed E-state index contributed by atoms with van der Waals surface area (Å²) in [6.45, 7) is 0.237. The molecule has 23 heavy (non-hydrogen) atoms. The van der Waals surface area contributed by atoms with Crippen LogP contribution in [0.3, 0.4) is 0 Å². The largest absolute Gasteiger partial charge is 0.391 e. The Morgan fingerprint density at radius 1 is 1.17 bits per heavy atom. The molecule has 0 radical (unpaired) electrons. The van der Waals surface area contributed by atoms with E-state index < -0.39 is 6.10 Å². The predicted octanol–water partition coefficient (Wildman–Crippen LogP) is 2.65. The molecule has 116 valence electrons. The molecular formula is C18H15FN2O2. The lowest BCUT2D eigenvalue weighted by molar-refractivity contribution is 0.0716. The molecule has 0 saturated carbocycles. The summed E-state index contributed by atoms with van der Waals surface area (Å²) in [5, 5.41) is 18.8. The molecule has 5 heteroatoms. The highest BCUT2D eigenvalue weighted by atomic mass is 19.1. The Morgan fingerprint density at radius 2 is 1.83 bits per heavy atom. The third-order valence-electron chi connectivity index (χ3n) is 4.06. The van der Waals surface area contributed by atoms with Gasteiger partial charge >= 0.3 is 0 Å². The summed E-state index contributed by atoms with van der Waals surface area (Å²) in [5.74, 6) is -0.544. The zero-order valence-corrected chi connectivity index (χ0v) is 12.3. The molecule has 1 fully saturated rings. The van der Waals surface area contributed by atoms with Crippen molar-refractivity contribution >= 4 is 5.91 Å². The van der Waals surface area contributed by atoms with Gasteiger partial charge in [0.1, 0.15) is 5.82 Å². The lowest BCUT2D eigenvalue weighted by atomic mass is 10.0. The number of carbonyl (C=O) groups is 1. The minimum absolute atomic E-state index is 0.208. The van der Waals surface area contributed by atoms with Gasteiger partial charge in [-0.25, -0.2) is 4.39 Å². The molecule has 0 spiro atoms. The number of rotatable bonds is 2. The van der Waals surface area contributed by atoms with Gasteiger partial charge in [-0.3, -0.25) is 4.79 Å². The van der Waals surface area contributed by atoms with E-state index in [4.69, 9.17) is 5.26 Å². The molecular weight excluding hydrogens is 295 g/mol. The quantitative estimate of drug-likeness (QED) is 0.927. The lowest BCUT2D eigenvalue weighted by Crippen LogP contribution is -2.31. The Bertz CT molecular complexity index is 750. The number of hydrogen-bond acceptors (Lipinski definition) is 3. The number of β-amino-alcohol motifs (C(OH)–C–C–N with tert-alkyl or cyclic N) is 1. The van der Waals surface area contributed by atoms with Crippen molar-refractivity contribution in [2.75, 3.05) is 6.54 Å². The Hall–Kier alpha value is -2.71. The monoisotopic (exact) mass is 310 g/mol. The maximum atomic E-state index is 13.1. The molecule has 2 unspecified atom stereocenters. The number of hydrogen-bond donors (Lipinski definition) is 1. The maximum absolute atomic E-state index is 13.1. The second kappa shape index (κ2) is 6.19. The van der Waals surface area contributed by atoms with Gasteiger partial charge in [0.2, 0.25) is 0 Å². The van der Waals surface area contributed by atoms with E-state index in [9.17, 15) is 14.3 Å². The molecule has 1 heterocycles. The minimum Gasteiger partial charge on any atom is -0.391 e. The van der Waals surface area contributed by atoms with Crippen LogP contribution in [0.5, 0.6) is 0 Å². The standard InChI is InChI=1S/C18H15FN2O2/c19-15-7-5-13(6-8-15)17-9-16(22)11-21(17)18(23)14-3-1-12(10-20)2-4-14/h1-8,16-17,22H,9,11H2. The number of aliphatic hydroxyl groups is 1. The Morgan fingerprint density at radius 3 is 2.43 bits per heavy atom. The van der Waals surface area contributed by atoms with Crippen LogP contribution in [0.25, 0.3) is 0 Å². The number of likely N-dealkylation sites (tertiary alicyclic amines) is 1. The molecule has 3 rings (SSSR count). The van der Waals surface area contributed by atoms with Gasteiger partial charge in [-0.1, -0.05) is 12.1 Å². The third-order valence-corrected chi connectivity index (χ3v) is 4.06. The molecule has 1 N–H and O–H groups in total. The van der Waals surface area contributed by atoms with Crippen molar-refractivity contribution in [1.82, 2.24) is 4.90 Å². The number of aliphatic hydroxyl groups excluding tert-OH is 1. The predicted molar refractivity (Wildman–Crippen MR) is 82.0 cm³/mol. The van der Waals surface area contributed by atoms with Crippen molar-refractivity contribution in [2.24, 2.45) is 0 Å². The summed E-state index contributed by atoms with van der Waals surface area (Å²) in [6.07, 6.45) is -0.180.